The van der Waals surface area contributed by atoms with Gasteiger partial charge in [-0.1, -0.05) is 13.8 Å². The van der Waals surface area contributed by atoms with E-state index in [1.54, 1.807) is 11.4 Å². The van der Waals surface area contributed by atoms with E-state index in [1.165, 1.54) is 6.42 Å². The maximum absolute atomic E-state index is 12.2. The fourth-order valence-electron chi connectivity index (χ4n) is 2.64. The maximum Gasteiger partial charge on any atom is 0.213 e. The molecule has 0 aromatic heterocycles. The third kappa shape index (κ3) is 5.38. The van der Waals surface area contributed by atoms with Crippen LogP contribution in [-0.2, 0) is 10.0 Å². The number of hydrogen-bond acceptors (Lipinski definition) is 4. The highest BCUT2D eigenvalue weighted by atomic mass is 32.2. The molecule has 1 aliphatic heterocycles. The van der Waals surface area contributed by atoms with E-state index in [1.807, 2.05) is 6.92 Å². The third-order valence-electron chi connectivity index (χ3n) is 3.85. The summed E-state index contributed by atoms with van der Waals surface area (Å²) in [6, 6.07) is 0.401. The molecule has 0 spiro atoms. The molecule has 0 aromatic rings. The van der Waals surface area contributed by atoms with Crippen molar-refractivity contribution in [2.75, 3.05) is 45.5 Å². The first-order valence-corrected chi connectivity index (χ1v) is 9.01. The molecule has 0 radical (unpaired) electrons. The first-order valence-electron chi connectivity index (χ1n) is 7.40. The molecule has 1 aliphatic rings. The Balaban J connectivity index is 2.40. The van der Waals surface area contributed by atoms with Crippen LogP contribution in [0.1, 0.15) is 33.1 Å². The van der Waals surface area contributed by atoms with Gasteiger partial charge in [-0.05, 0) is 45.4 Å². The van der Waals surface area contributed by atoms with Crippen LogP contribution in [-0.4, -0.2) is 69.2 Å². The van der Waals surface area contributed by atoms with Gasteiger partial charge in [0.1, 0.15) is 0 Å². The van der Waals surface area contributed by atoms with Gasteiger partial charge in [0.2, 0.25) is 10.0 Å². The van der Waals surface area contributed by atoms with Gasteiger partial charge in [-0.15, -0.1) is 0 Å². The molecule has 1 heterocycles. The molecular formula is C13H29N3O2S. The highest BCUT2D eigenvalue weighted by Gasteiger charge is 2.27. The van der Waals surface area contributed by atoms with Crippen LogP contribution < -0.4 is 5.32 Å². The summed E-state index contributed by atoms with van der Waals surface area (Å²) in [4.78, 5) is 2.38. The zero-order chi connectivity index (χ0) is 14.3. The van der Waals surface area contributed by atoms with Crippen LogP contribution in [0.25, 0.3) is 0 Å². The first kappa shape index (κ1) is 16.9. The minimum absolute atomic E-state index is 0.245. The van der Waals surface area contributed by atoms with Crippen molar-refractivity contribution in [1.82, 2.24) is 14.5 Å². The molecule has 19 heavy (non-hydrogen) atoms. The van der Waals surface area contributed by atoms with Crippen molar-refractivity contribution in [2.45, 2.75) is 39.2 Å². The van der Waals surface area contributed by atoms with E-state index in [0.717, 1.165) is 32.6 Å². The van der Waals surface area contributed by atoms with Crippen molar-refractivity contribution in [1.29, 1.82) is 0 Å². The van der Waals surface area contributed by atoms with Crippen molar-refractivity contribution in [2.24, 2.45) is 0 Å². The zero-order valence-electron chi connectivity index (χ0n) is 12.6. The summed E-state index contributed by atoms with van der Waals surface area (Å²) in [6.45, 7) is 8.59. The lowest BCUT2D eigenvalue weighted by molar-refractivity contribution is 0.237. The third-order valence-corrected chi connectivity index (χ3v) is 5.76. The van der Waals surface area contributed by atoms with Gasteiger partial charge in [0, 0.05) is 19.6 Å². The molecule has 1 fully saturated rings. The number of sulfonamides is 1. The molecule has 0 aliphatic carbocycles. The Morgan fingerprint density at radius 2 is 2.11 bits per heavy atom. The van der Waals surface area contributed by atoms with Crippen LogP contribution in [0.4, 0.5) is 0 Å². The minimum atomic E-state index is -3.09. The Morgan fingerprint density at radius 1 is 1.37 bits per heavy atom. The standard InChI is InChI=1S/C13H29N3O2S/c1-4-14-9-7-11-19(17,18)15(3)12-13-8-6-10-16(13)5-2/h13-14H,4-12H2,1-3H3. The van der Waals surface area contributed by atoms with E-state index < -0.39 is 10.0 Å². The summed E-state index contributed by atoms with van der Waals surface area (Å²) < 4.78 is 25.9. The Bertz CT molecular complexity index is 346. The van der Waals surface area contributed by atoms with Gasteiger partial charge in [0.25, 0.3) is 0 Å². The Labute approximate surface area is 118 Å². The molecule has 1 atom stereocenters. The van der Waals surface area contributed by atoms with Crippen molar-refractivity contribution in [3.05, 3.63) is 0 Å². The summed E-state index contributed by atoms with van der Waals surface area (Å²) in [7, 11) is -1.38. The van der Waals surface area contributed by atoms with Crippen molar-refractivity contribution >= 4 is 10.0 Å². The summed E-state index contributed by atoms with van der Waals surface area (Å²) in [5.41, 5.74) is 0. The minimum Gasteiger partial charge on any atom is -0.317 e. The Hall–Kier alpha value is -0.170. The lowest BCUT2D eigenvalue weighted by Crippen LogP contribution is -2.42. The SMILES string of the molecule is CCNCCCS(=O)(=O)N(C)CC1CCCN1CC. The predicted molar refractivity (Wildman–Crippen MR) is 79.8 cm³/mol. The largest absolute Gasteiger partial charge is 0.317 e. The topological polar surface area (TPSA) is 52.7 Å². The number of nitrogens with one attached hydrogen (secondary N) is 1. The van der Waals surface area contributed by atoms with Gasteiger partial charge < -0.3 is 5.32 Å². The second-order valence-electron chi connectivity index (χ2n) is 5.23. The number of likely N-dealkylation sites (N-methyl/N-ethyl adjacent to an activating group) is 2. The van der Waals surface area contributed by atoms with Crippen molar-refractivity contribution in [3.63, 3.8) is 0 Å². The number of likely N-dealkylation sites (tertiary alicyclic amines) is 1. The van der Waals surface area contributed by atoms with Crippen LogP contribution >= 0.6 is 0 Å². The van der Waals surface area contributed by atoms with Gasteiger partial charge in [-0.25, -0.2) is 12.7 Å². The van der Waals surface area contributed by atoms with Crippen LogP contribution in [0.2, 0.25) is 0 Å². The van der Waals surface area contributed by atoms with Gasteiger partial charge >= 0.3 is 0 Å². The van der Waals surface area contributed by atoms with E-state index in [0.29, 0.717) is 19.0 Å². The molecule has 1 rings (SSSR count). The predicted octanol–water partition coefficient (Wildman–Crippen LogP) is 0.732. The fourth-order valence-corrected chi connectivity index (χ4v) is 3.86. The smallest absolute Gasteiger partial charge is 0.213 e. The summed E-state index contributed by atoms with van der Waals surface area (Å²) in [5.74, 6) is 0.245. The molecule has 0 amide bonds. The summed E-state index contributed by atoms with van der Waals surface area (Å²) in [6.07, 6.45) is 2.99. The molecule has 5 nitrogen and oxygen atoms in total. The molecule has 1 unspecified atom stereocenters. The Kier molecular flexibility index (Phi) is 7.28. The van der Waals surface area contributed by atoms with Gasteiger partial charge in [0.15, 0.2) is 0 Å². The second-order valence-corrected chi connectivity index (χ2v) is 7.42. The highest BCUT2D eigenvalue weighted by molar-refractivity contribution is 7.89. The molecule has 6 heteroatoms. The molecule has 0 saturated carbocycles. The monoisotopic (exact) mass is 291 g/mol. The highest BCUT2D eigenvalue weighted by Crippen LogP contribution is 2.18. The van der Waals surface area contributed by atoms with Gasteiger partial charge in [0.05, 0.1) is 5.75 Å². The maximum atomic E-state index is 12.2. The van der Waals surface area contributed by atoms with Crippen LogP contribution in [0.3, 0.4) is 0 Å². The van der Waals surface area contributed by atoms with E-state index >= 15 is 0 Å². The zero-order valence-corrected chi connectivity index (χ0v) is 13.4. The summed E-state index contributed by atoms with van der Waals surface area (Å²) >= 11 is 0. The summed E-state index contributed by atoms with van der Waals surface area (Å²) in [5, 5.41) is 3.16. The van der Waals surface area contributed by atoms with Crippen molar-refractivity contribution in [3.8, 4) is 0 Å². The number of hydrogen-bond donors (Lipinski definition) is 1. The number of nitrogens with zero attached hydrogens (tertiary/aromatic N) is 2. The van der Waals surface area contributed by atoms with Crippen LogP contribution in [0.15, 0.2) is 0 Å². The Morgan fingerprint density at radius 3 is 2.74 bits per heavy atom. The normalized spacial score (nSPS) is 21.4. The van der Waals surface area contributed by atoms with Crippen LogP contribution in [0, 0.1) is 0 Å². The average Bonchev–Trinajstić information content (AvgIpc) is 2.82. The fraction of sp³-hybridized carbons (Fsp3) is 1.00. The molecule has 114 valence electrons. The molecule has 0 aromatic carbocycles. The van der Waals surface area contributed by atoms with Gasteiger partial charge in [-0.2, -0.15) is 0 Å². The molecule has 0 bridgehead atoms. The van der Waals surface area contributed by atoms with Gasteiger partial charge in [-0.3, -0.25) is 4.90 Å². The van der Waals surface area contributed by atoms with E-state index in [9.17, 15) is 8.42 Å². The van der Waals surface area contributed by atoms with E-state index in [-0.39, 0.29) is 5.75 Å². The van der Waals surface area contributed by atoms with E-state index in [4.69, 9.17) is 0 Å². The molecular weight excluding hydrogens is 262 g/mol. The lowest BCUT2D eigenvalue weighted by Gasteiger charge is -2.27. The van der Waals surface area contributed by atoms with Crippen LogP contribution in [0.5, 0.6) is 0 Å². The van der Waals surface area contributed by atoms with Crippen molar-refractivity contribution < 1.29 is 8.42 Å². The van der Waals surface area contributed by atoms with E-state index in [2.05, 4.69) is 17.1 Å². The molecule has 1 N–H and O–H groups in total. The second kappa shape index (κ2) is 8.19. The number of rotatable bonds is 9. The molecule has 1 saturated heterocycles. The average molecular weight is 291 g/mol. The first-order chi connectivity index (χ1) is 9.01. The lowest BCUT2D eigenvalue weighted by atomic mass is 10.2. The quantitative estimate of drug-likeness (QED) is 0.636.